The zero-order valence-electron chi connectivity index (χ0n) is 10.2. The fraction of sp³-hybridized carbons (Fsp3) is 0.462. The van der Waals surface area contributed by atoms with Crippen LogP contribution in [0.4, 0.5) is 9.52 Å². The van der Waals surface area contributed by atoms with Gasteiger partial charge in [0, 0.05) is 6.04 Å². The molecule has 0 spiro atoms. The summed E-state index contributed by atoms with van der Waals surface area (Å²) < 4.78 is 13.9. The summed E-state index contributed by atoms with van der Waals surface area (Å²) >= 11 is 1.40. The fourth-order valence-corrected chi connectivity index (χ4v) is 3.36. The van der Waals surface area contributed by atoms with Crippen LogP contribution < -0.4 is 5.32 Å². The van der Waals surface area contributed by atoms with E-state index in [1.54, 1.807) is 6.07 Å². The Kier molecular flexibility index (Phi) is 3.38. The lowest BCUT2D eigenvalue weighted by Gasteiger charge is -2.30. The van der Waals surface area contributed by atoms with Crippen molar-refractivity contribution in [2.75, 3.05) is 5.32 Å². The number of thiazole rings is 1. The number of rotatable bonds is 2. The lowest BCUT2D eigenvalue weighted by Crippen LogP contribution is -2.39. The van der Waals surface area contributed by atoms with Crippen molar-refractivity contribution in [1.82, 2.24) is 4.98 Å². The SMILES string of the molecule is O[C@@H]1CCC(Nc2nc3ccc(F)cc3s2)C[C@@H]1O. The molecule has 0 bridgehead atoms. The minimum absolute atomic E-state index is 0.101. The van der Waals surface area contributed by atoms with Crippen LogP contribution in [-0.4, -0.2) is 33.4 Å². The highest BCUT2D eigenvalue weighted by atomic mass is 32.1. The first-order chi connectivity index (χ1) is 9.11. The maximum absolute atomic E-state index is 13.1. The van der Waals surface area contributed by atoms with Crippen LogP contribution in [0, 0.1) is 5.82 Å². The van der Waals surface area contributed by atoms with Crippen molar-refractivity contribution in [3.63, 3.8) is 0 Å². The van der Waals surface area contributed by atoms with Crippen molar-refractivity contribution in [3.8, 4) is 0 Å². The van der Waals surface area contributed by atoms with E-state index in [0.717, 1.165) is 21.8 Å². The monoisotopic (exact) mass is 282 g/mol. The molecule has 3 atom stereocenters. The molecule has 2 aromatic rings. The largest absolute Gasteiger partial charge is 0.390 e. The summed E-state index contributed by atoms with van der Waals surface area (Å²) in [7, 11) is 0. The van der Waals surface area contributed by atoms with Crippen molar-refractivity contribution >= 4 is 26.7 Å². The fourth-order valence-electron chi connectivity index (χ4n) is 2.40. The minimum Gasteiger partial charge on any atom is -0.390 e. The summed E-state index contributed by atoms with van der Waals surface area (Å²) in [5.41, 5.74) is 0.769. The van der Waals surface area contributed by atoms with Crippen LogP contribution >= 0.6 is 11.3 Å². The van der Waals surface area contributed by atoms with Gasteiger partial charge in [-0.15, -0.1) is 0 Å². The zero-order chi connectivity index (χ0) is 13.4. The Bertz CT molecular complexity index is 589. The number of nitrogens with zero attached hydrogens (tertiary/aromatic N) is 1. The lowest BCUT2D eigenvalue weighted by atomic mass is 9.91. The number of aliphatic hydroxyl groups is 2. The summed E-state index contributed by atoms with van der Waals surface area (Å²) in [5.74, 6) is -0.265. The average molecular weight is 282 g/mol. The first kappa shape index (κ1) is 12.8. The molecule has 0 amide bonds. The number of hydrogen-bond donors (Lipinski definition) is 3. The van der Waals surface area contributed by atoms with Gasteiger partial charge in [-0.1, -0.05) is 11.3 Å². The van der Waals surface area contributed by atoms with Crippen molar-refractivity contribution in [2.45, 2.75) is 37.5 Å². The third-order valence-electron chi connectivity index (χ3n) is 3.46. The van der Waals surface area contributed by atoms with Gasteiger partial charge in [0.05, 0.1) is 22.4 Å². The molecule has 0 saturated heterocycles. The van der Waals surface area contributed by atoms with Crippen molar-refractivity contribution in [1.29, 1.82) is 0 Å². The Balaban J connectivity index is 1.74. The van der Waals surface area contributed by atoms with Gasteiger partial charge in [-0.3, -0.25) is 0 Å². The number of halogens is 1. The number of nitrogens with one attached hydrogen (secondary N) is 1. The van der Waals surface area contributed by atoms with E-state index in [1.165, 1.54) is 23.5 Å². The Morgan fingerprint density at radius 2 is 2.11 bits per heavy atom. The molecule has 4 nitrogen and oxygen atoms in total. The molecule has 1 fully saturated rings. The Morgan fingerprint density at radius 1 is 1.26 bits per heavy atom. The molecule has 1 aliphatic rings. The molecular formula is C13H15FN2O2S. The molecule has 3 rings (SSSR count). The van der Waals surface area contributed by atoms with E-state index < -0.39 is 12.2 Å². The second-order valence-electron chi connectivity index (χ2n) is 4.92. The van der Waals surface area contributed by atoms with E-state index >= 15 is 0 Å². The highest BCUT2D eigenvalue weighted by Crippen LogP contribution is 2.29. The summed E-state index contributed by atoms with van der Waals surface area (Å²) in [6.45, 7) is 0. The van der Waals surface area contributed by atoms with E-state index in [2.05, 4.69) is 10.3 Å². The van der Waals surface area contributed by atoms with Gasteiger partial charge in [0.1, 0.15) is 5.82 Å². The number of aromatic nitrogens is 1. The maximum atomic E-state index is 13.1. The molecule has 3 N–H and O–H groups in total. The lowest BCUT2D eigenvalue weighted by molar-refractivity contribution is -0.0119. The van der Waals surface area contributed by atoms with Crippen LogP contribution in [0.5, 0.6) is 0 Å². The van der Waals surface area contributed by atoms with Crippen LogP contribution in [0.15, 0.2) is 18.2 Å². The van der Waals surface area contributed by atoms with Crippen LogP contribution in [0.2, 0.25) is 0 Å². The van der Waals surface area contributed by atoms with Gasteiger partial charge in [-0.25, -0.2) is 9.37 Å². The van der Waals surface area contributed by atoms with Crippen LogP contribution in [0.1, 0.15) is 19.3 Å². The quantitative estimate of drug-likeness (QED) is 0.789. The zero-order valence-corrected chi connectivity index (χ0v) is 11.0. The number of benzene rings is 1. The summed E-state index contributed by atoms with van der Waals surface area (Å²) in [6.07, 6.45) is 0.576. The highest BCUT2D eigenvalue weighted by Gasteiger charge is 2.27. The van der Waals surface area contributed by atoms with Gasteiger partial charge >= 0.3 is 0 Å². The Morgan fingerprint density at radius 3 is 2.89 bits per heavy atom. The first-order valence-electron chi connectivity index (χ1n) is 6.30. The van der Waals surface area contributed by atoms with Gasteiger partial charge in [0.2, 0.25) is 0 Å². The van der Waals surface area contributed by atoms with Gasteiger partial charge < -0.3 is 15.5 Å². The average Bonchev–Trinajstić information content (AvgIpc) is 2.75. The number of hydrogen-bond acceptors (Lipinski definition) is 5. The predicted octanol–water partition coefficient (Wildman–Crippen LogP) is 2.12. The first-order valence-corrected chi connectivity index (χ1v) is 7.12. The Labute approximate surface area is 113 Å². The normalized spacial score (nSPS) is 27.6. The standard InChI is InChI=1S/C13H15FN2O2S/c14-7-1-3-9-12(5-7)19-13(16-9)15-8-2-4-10(17)11(18)6-8/h1,3,5,8,10-11,17-18H,2,4,6H2,(H,15,16)/t8?,10-,11+/m1/s1. The van der Waals surface area contributed by atoms with Crippen molar-refractivity contribution in [2.24, 2.45) is 0 Å². The summed E-state index contributed by atoms with van der Waals surface area (Å²) in [6, 6.07) is 4.62. The Hall–Kier alpha value is -1.24. The van der Waals surface area contributed by atoms with Gasteiger partial charge in [0.15, 0.2) is 5.13 Å². The van der Waals surface area contributed by atoms with Crippen LogP contribution in [0.25, 0.3) is 10.2 Å². The van der Waals surface area contributed by atoms with Gasteiger partial charge in [-0.05, 0) is 37.5 Å². The van der Waals surface area contributed by atoms with E-state index in [4.69, 9.17) is 0 Å². The molecule has 102 valence electrons. The van der Waals surface area contributed by atoms with E-state index in [9.17, 15) is 14.6 Å². The van der Waals surface area contributed by atoms with Gasteiger partial charge in [0.25, 0.3) is 0 Å². The second-order valence-corrected chi connectivity index (χ2v) is 5.95. The van der Waals surface area contributed by atoms with Crippen LogP contribution in [0.3, 0.4) is 0 Å². The highest BCUT2D eigenvalue weighted by molar-refractivity contribution is 7.22. The van der Waals surface area contributed by atoms with Crippen molar-refractivity contribution in [3.05, 3.63) is 24.0 Å². The molecule has 0 aliphatic heterocycles. The summed E-state index contributed by atoms with van der Waals surface area (Å²) in [5, 5.41) is 23.1. The molecule has 1 unspecified atom stereocenters. The molecule has 1 heterocycles. The van der Waals surface area contributed by atoms with E-state index in [1.807, 2.05) is 0 Å². The predicted molar refractivity (Wildman–Crippen MR) is 72.9 cm³/mol. The van der Waals surface area contributed by atoms with Crippen LogP contribution in [-0.2, 0) is 0 Å². The molecular weight excluding hydrogens is 267 g/mol. The number of aliphatic hydroxyl groups excluding tert-OH is 2. The third kappa shape index (κ3) is 2.70. The molecule has 1 aromatic carbocycles. The molecule has 1 aromatic heterocycles. The second kappa shape index (κ2) is 5.03. The smallest absolute Gasteiger partial charge is 0.184 e. The molecule has 0 radical (unpaired) electrons. The topological polar surface area (TPSA) is 65.4 Å². The van der Waals surface area contributed by atoms with Crippen molar-refractivity contribution < 1.29 is 14.6 Å². The molecule has 19 heavy (non-hydrogen) atoms. The summed E-state index contributed by atoms with van der Waals surface area (Å²) in [4.78, 5) is 4.39. The number of anilines is 1. The van der Waals surface area contributed by atoms with Gasteiger partial charge in [-0.2, -0.15) is 0 Å². The molecule has 1 aliphatic carbocycles. The minimum atomic E-state index is -0.682. The molecule has 1 saturated carbocycles. The number of fused-ring (bicyclic) bond motifs is 1. The van der Waals surface area contributed by atoms with E-state index in [0.29, 0.717) is 12.8 Å². The molecule has 6 heteroatoms. The third-order valence-corrected chi connectivity index (χ3v) is 4.41. The van der Waals surface area contributed by atoms with E-state index in [-0.39, 0.29) is 11.9 Å². The maximum Gasteiger partial charge on any atom is 0.184 e.